The van der Waals surface area contributed by atoms with Crippen molar-refractivity contribution in [3.05, 3.63) is 24.3 Å². The van der Waals surface area contributed by atoms with Crippen LogP contribution < -0.4 is 10.5 Å². The largest absolute Gasteiger partial charge is 0.484 e. The highest BCUT2D eigenvalue weighted by Crippen LogP contribution is 2.19. The molecule has 1 aromatic carbocycles. The van der Waals surface area contributed by atoms with E-state index in [0.717, 1.165) is 6.42 Å². The average Bonchev–Trinajstić information content (AvgIpc) is 2.96. The second-order valence-electron chi connectivity index (χ2n) is 4.85. The summed E-state index contributed by atoms with van der Waals surface area (Å²) < 4.78 is 10.4. The van der Waals surface area contributed by atoms with Crippen LogP contribution in [0.15, 0.2) is 24.3 Å². The molecule has 1 aromatic rings. The van der Waals surface area contributed by atoms with E-state index >= 15 is 0 Å². The van der Waals surface area contributed by atoms with Crippen LogP contribution in [0.3, 0.4) is 0 Å². The number of nitrogens with zero attached hydrogens (tertiary/aromatic N) is 1. The van der Waals surface area contributed by atoms with Gasteiger partial charge in [0.2, 0.25) is 0 Å². The lowest BCUT2D eigenvalue weighted by atomic mass is 10.2. The van der Waals surface area contributed by atoms with Gasteiger partial charge in [0.05, 0.1) is 6.61 Å². The lowest BCUT2D eigenvalue weighted by Crippen LogP contribution is -2.43. The standard InChI is InChI=1S/C15H20N2O4/c1-2-20-15(19)13-4-3-9-17(13)14(18)10-21-12-7-5-11(16)6-8-12/h5-8,13H,2-4,9-10,16H2,1H3. The van der Waals surface area contributed by atoms with E-state index in [2.05, 4.69) is 0 Å². The van der Waals surface area contributed by atoms with Gasteiger partial charge in [-0.15, -0.1) is 0 Å². The zero-order valence-electron chi connectivity index (χ0n) is 12.1. The highest BCUT2D eigenvalue weighted by molar-refractivity contribution is 5.86. The summed E-state index contributed by atoms with van der Waals surface area (Å²) in [6.07, 6.45) is 1.45. The third kappa shape index (κ3) is 3.87. The van der Waals surface area contributed by atoms with Crippen LogP contribution in [-0.4, -0.2) is 42.6 Å². The molecule has 1 aliphatic heterocycles. The highest BCUT2D eigenvalue weighted by Gasteiger charge is 2.35. The van der Waals surface area contributed by atoms with E-state index in [9.17, 15) is 9.59 Å². The number of amides is 1. The Morgan fingerprint density at radius 1 is 1.33 bits per heavy atom. The van der Waals surface area contributed by atoms with Crippen LogP contribution in [0.5, 0.6) is 5.75 Å². The molecule has 0 radical (unpaired) electrons. The van der Waals surface area contributed by atoms with Gasteiger partial charge in [0.25, 0.3) is 5.91 Å². The second kappa shape index (κ2) is 6.97. The smallest absolute Gasteiger partial charge is 0.328 e. The first-order valence-corrected chi connectivity index (χ1v) is 7.06. The molecule has 0 saturated carbocycles. The Hall–Kier alpha value is -2.24. The SMILES string of the molecule is CCOC(=O)C1CCCN1C(=O)COc1ccc(N)cc1. The van der Waals surface area contributed by atoms with Crippen molar-refractivity contribution in [1.82, 2.24) is 4.90 Å². The van der Waals surface area contributed by atoms with Gasteiger partial charge in [0, 0.05) is 12.2 Å². The molecule has 0 spiro atoms. The van der Waals surface area contributed by atoms with Crippen molar-refractivity contribution in [3.8, 4) is 5.75 Å². The van der Waals surface area contributed by atoms with Crippen LogP contribution in [0.4, 0.5) is 5.69 Å². The molecule has 2 rings (SSSR count). The van der Waals surface area contributed by atoms with Crippen molar-refractivity contribution < 1.29 is 19.1 Å². The van der Waals surface area contributed by atoms with Crippen LogP contribution in [0.2, 0.25) is 0 Å². The van der Waals surface area contributed by atoms with Crippen LogP contribution in [0.1, 0.15) is 19.8 Å². The predicted octanol–water partition coefficient (Wildman–Crippen LogP) is 1.20. The molecule has 0 aromatic heterocycles. The quantitative estimate of drug-likeness (QED) is 0.651. The molecule has 114 valence electrons. The number of anilines is 1. The molecule has 1 atom stereocenters. The van der Waals surface area contributed by atoms with Crippen LogP contribution in [0.25, 0.3) is 0 Å². The summed E-state index contributed by atoms with van der Waals surface area (Å²) >= 11 is 0. The number of hydrogen-bond donors (Lipinski definition) is 1. The Kier molecular flexibility index (Phi) is 5.03. The number of hydrogen-bond acceptors (Lipinski definition) is 5. The number of likely N-dealkylation sites (tertiary alicyclic amines) is 1. The first kappa shape index (κ1) is 15.2. The highest BCUT2D eigenvalue weighted by atomic mass is 16.5. The zero-order chi connectivity index (χ0) is 15.2. The molecule has 0 aliphatic carbocycles. The lowest BCUT2D eigenvalue weighted by molar-refractivity contribution is -0.153. The fourth-order valence-electron chi connectivity index (χ4n) is 2.34. The number of esters is 1. The van der Waals surface area contributed by atoms with Crippen LogP contribution in [0, 0.1) is 0 Å². The summed E-state index contributed by atoms with van der Waals surface area (Å²) in [6, 6.07) is 6.34. The van der Waals surface area contributed by atoms with Gasteiger partial charge in [-0.2, -0.15) is 0 Å². The molecule has 0 bridgehead atoms. The summed E-state index contributed by atoms with van der Waals surface area (Å²) in [7, 11) is 0. The second-order valence-corrected chi connectivity index (χ2v) is 4.85. The molecular weight excluding hydrogens is 272 g/mol. The number of ether oxygens (including phenoxy) is 2. The zero-order valence-corrected chi connectivity index (χ0v) is 12.1. The van der Waals surface area contributed by atoms with E-state index in [0.29, 0.717) is 31.0 Å². The lowest BCUT2D eigenvalue weighted by Gasteiger charge is -2.23. The Morgan fingerprint density at radius 2 is 2.05 bits per heavy atom. The van der Waals surface area contributed by atoms with E-state index in [1.807, 2.05) is 0 Å². The van der Waals surface area contributed by atoms with Crippen molar-refractivity contribution in [1.29, 1.82) is 0 Å². The average molecular weight is 292 g/mol. The summed E-state index contributed by atoms with van der Waals surface area (Å²) in [6.45, 7) is 2.54. The first-order chi connectivity index (χ1) is 10.1. The molecule has 21 heavy (non-hydrogen) atoms. The van der Waals surface area contributed by atoms with Gasteiger partial charge < -0.3 is 20.1 Å². The number of benzene rings is 1. The maximum atomic E-state index is 12.2. The van der Waals surface area contributed by atoms with E-state index in [4.69, 9.17) is 15.2 Å². The monoisotopic (exact) mass is 292 g/mol. The molecule has 2 N–H and O–H groups in total. The van der Waals surface area contributed by atoms with Gasteiger partial charge in [0.15, 0.2) is 6.61 Å². The van der Waals surface area contributed by atoms with Gasteiger partial charge in [0.1, 0.15) is 11.8 Å². The van der Waals surface area contributed by atoms with Crippen molar-refractivity contribution in [3.63, 3.8) is 0 Å². The van der Waals surface area contributed by atoms with E-state index in [1.54, 1.807) is 31.2 Å². The Morgan fingerprint density at radius 3 is 2.71 bits per heavy atom. The summed E-state index contributed by atoms with van der Waals surface area (Å²) in [5.41, 5.74) is 6.21. The molecule has 6 heteroatoms. The van der Waals surface area contributed by atoms with Gasteiger partial charge in [-0.05, 0) is 44.0 Å². The predicted molar refractivity (Wildman–Crippen MR) is 77.7 cm³/mol. The number of rotatable bonds is 5. The van der Waals surface area contributed by atoms with Crippen molar-refractivity contribution in [2.24, 2.45) is 0 Å². The van der Waals surface area contributed by atoms with E-state index < -0.39 is 6.04 Å². The fourth-order valence-corrected chi connectivity index (χ4v) is 2.34. The molecule has 6 nitrogen and oxygen atoms in total. The first-order valence-electron chi connectivity index (χ1n) is 7.06. The Balaban J connectivity index is 1.90. The summed E-state index contributed by atoms with van der Waals surface area (Å²) in [5, 5.41) is 0. The number of carbonyl (C=O) groups is 2. The molecule has 1 amide bonds. The van der Waals surface area contributed by atoms with Crippen LogP contribution >= 0.6 is 0 Å². The third-order valence-electron chi connectivity index (χ3n) is 3.37. The van der Waals surface area contributed by atoms with Gasteiger partial charge in [-0.25, -0.2) is 4.79 Å². The maximum Gasteiger partial charge on any atom is 0.328 e. The van der Waals surface area contributed by atoms with Crippen LogP contribution in [-0.2, 0) is 14.3 Å². The maximum absolute atomic E-state index is 12.2. The summed E-state index contributed by atoms with van der Waals surface area (Å²) in [4.78, 5) is 25.5. The fraction of sp³-hybridized carbons (Fsp3) is 0.467. The third-order valence-corrected chi connectivity index (χ3v) is 3.37. The number of carbonyl (C=O) groups excluding carboxylic acids is 2. The molecule has 1 heterocycles. The minimum atomic E-state index is -0.479. The number of nitrogens with two attached hydrogens (primary N) is 1. The van der Waals surface area contributed by atoms with E-state index in [-0.39, 0.29) is 18.5 Å². The van der Waals surface area contributed by atoms with Crippen molar-refractivity contribution in [2.75, 3.05) is 25.5 Å². The van der Waals surface area contributed by atoms with Gasteiger partial charge in [-0.1, -0.05) is 0 Å². The summed E-state index contributed by atoms with van der Waals surface area (Å²) in [5.74, 6) is 0.0302. The topological polar surface area (TPSA) is 81.9 Å². The van der Waals surface area contributed by atoms with E-state index in [1.165, 1.54) is 4.90 Å². The number of nitrogen functional groups attached to an aromatic ring is 1. The minimum Gasteiger partial charge on any atom is -0.484 e. The van der Waals surface area contributed by atoms with Gasteiger partial charge >= 0.3 is 5.97 Å². The molecule has 1 aliphatic rings. The molecular formula is C15H20N2O4. The normalized spacial score (nSPS) is 17.6. The molecule has 1 unspecified atom stereocenters. The molecule has 1 fully saturated rings. The van der Waals surface area contributed by atoms with Crippen molar-refractivity contribution >= 4 is 17.6 Å². The van der Waals surface area contributed by atoms with Gasteiger partial charge in [-0.3, -0.25) is 4.79 Å². The van der Waals surface area contributed by atoms with Crippen molar-refractivity contribution in [2.45, 2.75) is 25.8 Å². The molecule has 1 saturated heterocycles. The Bertz CT molecular complexity index is 501. The minimum absolute atomic E-state index is 0.0974. The Labute approximate surface area is 123 Å².